The SMILES string of the molecule is Cc1ccc(S(=O)(=O)/N=c2\o[n-][n+](C)c2CN2C(=S)N(c3ccccc3)C(=O)C2CC(=O)Nc2ccc(C(N)=O)cc2)cc1. The topological polar surface area (TPSA) is 173 Å². The molecule has 1 aliphatic heterocycles. The molecule has 4 aromatic rings. The number of para-hydroxylation sites is 1. The maximum absolute atomic E-state index is 13.8. The van der Waals surface area contributed by atoms with Crippen molar-refractivity contribution in [3.8, 4) is 0 Å². The second-order valence-electron chi connectivity index (χ2n) is 9.96. The molecule has 3 amide bonds. The number of carbonyl (C=O) groups is 3. The maximum atomic E-state index is 13.8. The molecule has 1 unspecified atom stereocenters. The van der Waals surface area contributed by atoms with E-state index in [1.165, 1.54) is 57.9 Å². The lowest BCUT2D eigenvalue weighted by molar-refractivity contribution is -0.752. The highest BCUT2D eigenvalue weighted by atomic mass is 32.2. The van der Waals surface area contributed by atoms with Crippen molar-refractivity contribution in [3.05, 3.63) is 101 Å². The normalized spacial score (nSPS) is 15.6. The monoisotopic (exact) mass is 633 g/mol. The van der Waals surface area contributed by atoms with Crippen molar-refractivity contribution in [1.29, 1.82) is 0 Å². The molecule has 2 heterocycles. The van der Waals surface area contributed by atoms with Gasteiger partial charge in [-0.1, -0.05) is 35.9 Å². The van der Waals surface area contributed by atoms with Crippen molar-refractivity contribution >= 4 is 56.4 Å². The summed E-state index contributed by atoms with van der Waals surface area (Å²) >= 11 is 5.72. The molecule has 1 atom stereocenters. The Bertz CT molecular complexity index is 1920. The van der Waals surface area contributed by atoms with E-state index in [-0.39, 0.29) is 39.8 Å². The molecule has 0 spiro atoms. The summed E-state index contributed by atoms with van der Waals surface area (Å²) in [4.78, 5) is 41.1. The van der Waals surface area contributed by atoms with Crippen molar-refractivity contribution < 1.29 is 32.0 Å². The number of rotatable bonds is 9. The minimum absolute atomic E-state index is 0.0337. The van der Waals surface area contributed by atoms with Gasteiger partial charge in [-0.3, -0.25) is 24.6 Å². The minimum atomic E-state index is -4.17. The van der Waals surface area contributed by atoms with E-state index in [0.717, 1.165) is 5.56 Å². The first-order chi connectivity index (χ1) is 20.9. The lowest BCUT2D eigenvalue weighted by Gasteiger charge is -2.22. The molecular formula is C29H27N7O6S2. The highest BCUT2D eigenvalue weighted by Crippen LogP contribution is 2.28. The lowest BCUT2D eigenvalue weighted by atomic mass is 10.1. The standard InChI is InChI=1S/C29H27N7O6S2/c1-18-8-14-22(15-9-18)44(40,41)32-27-24(34(2)33-42-27)17-35-23(28(39)36(29(35)43)21-6-4-3-5-7-21)16-25(37)31-20-12-10-19(11-13-20)26(30)38/h3-15,23H,16-17H2,1-2H3,(H2,30,38)(H,31,37)/b32-27-. The highest BCUT2D eigenvalue weighted by Gasteiger charge is 2.45. The van der Waals surface area contributed by atoms with Crippen LogP contribution in [0.2, 0.25) is 0 Å². The van der Waals surface area contributed by atoms with E-state index in [1.807, 2.05) is 6.92 Å². The second-order valence-corrected chi connectivity index (χ2v) is 11.9. The van der Waals surface area contributed by atoms with Crippen LogP contribution in [0.3, 0.4) is 0 Å². The first kappa shape index (κ1) is 30.3. The number of benzene rings is 3. The lowest BCUT2D eigenvalue weighted by Crippen LogP contribution is -2.45. The fourth-order valence-electron chi connectivity index (χ4n) is 4.55. The summed E-state index contributed by atoms with van der Waals surface area (Å²) in [5.74, 6) is -1.56. The van der Waals surface area contributed by atoms with Crippen LogP contribution in [-0.4, -0.2) is 42.2 Å². The number of carbonyl (C=O) groups excluding carboxylic acids is 3. The number of thiocarbonyl (C=S) groups is 1. The highest BCUT2D eigenvalue weighted by molar-refractivity contribution is 7.90. The van der Waals surface area contributed by atoms with Crippen LogP contribution >= 0.6 is 12.2 Å². The van der Waals surface area contributed by atoms with Crippen LogP contribution in [-0.2, 0) is 33.2 Å². The van der Waals surface area contributed by atoms with E-state index in [4.69, 9.17) is 22.5 Å². The first-order valence-electron chi connectivity index (χ1n) is 13.2. The number of nitrogens with two attached hydrogens (primary N) is 1. The third-order valence-corrected chi connectivity index (χ3v) is 8.59. The molecule has 3 N–H and O–H groups in total. The molecule has 1 saturated heterocycles. The summed E-state index contributed by atoms with van der Waals surface area (Å²) in [5.41, 5.74) is 7.25. The van der Waals surface area contributed by atoms with Gasteiger partial charge < -0.3 is 20.5 Å². The summed E-state index contributed by atoms with van der Waals surface area (Å²) in [6.07, 6.45) is -0.303. The summed E-state index contributed by atoms with van der Waals surface area (Å²) in [6.45, 7) is 1.68. The third kappa shape index (κ3) is 6.28. The maximum Gasteiger partial charge on any atom is 0.289 e. The van der Waals surface area contributed by atoms with Crippen LogP contribution in [0.4, 0.5) is 11.4 Å². The van der Waals surface area contributed by atoms with E-state index < -0.39 is 33.8 Å². The number of primary amides is 1. The molecular weight excluding hydrogens is 606 g/mol. The van der Waals surface area contributed by atoms with Gasteiger partial charge in [-0.25, -0.2) is 4.68 Å². The van der Waals surface area contributed by atoms with Gasteiger partial charge in [0.25, 0.3) is 27.2 Å². The van der Waals surface area contributed by atoms with Crippen molar-refractivity contribution in [2.24, 2.45) is 17.2 Å². The van der Waals surface area contributed by atoms with Gasteiger partial charge in [-0.15, -0.1) is 4.40 Å². The number of aryl methyl sites for hydroxylation is 2. The van der Waals surface area contributed by atoms with Gasteiger partial charge in [0.05, 0.1) is 17.0 Å². The molecule has 15 heteroatoms. The van der Waals surface area contributed by atoms with Gasteiger partial charge in [0.15, 0.2) is 5.11 Å². The van der Waals surface area contributed by atoms with Crippen LogP contribution in [0, 0.1) is 6.92 Å². The second kappa shape index (κ2) is 12.2. The van der Waals surface area contributed by atoms with Gasteiger partial charge in [0, 0.05) is 11.3 Å². The smallest absolute Gasteiger partial charge is 0.289 e. The molecule has 3 aromatic carbocycles. The summed E-state index contributed by atoms with van der Waals surface area (Å²) in [6, 6.07) is 19.8. The van der Waals surface area contributed by atoms with Crippen LogP contribution in [0.15, 0.2) is 92.7 Å². The van der Waals surface area contributed by atoms with Crippen LogP contribution in [0.5, 0.6) is 0 Å². The van der Waals surface area contributed by atoms with Gasteiger partial charge in [0.1, 0.15) is 19.6 Å². The zero-order chi connectivity index (χ0) is 31.6. The number of aromatic nitrogens is 2. The van der Waals surface area contributed by atoms with Crippen molar-refractivity contribution in [1.82, 2.24) is 10.2 Å². The zero-order valence-corrected chi connectivity index (χ0v) is 25.2. The van der Waals surface area contributed by atoms with Crippen molar-refractivity contribution in [3.63, 3.8) is 0 Å². The molecule has 1 fully saturated rings. The van der Waals surface area contributed by atoms with E-state index in [9.17, 15) is 22.8 Å². The average molecular weight is 634 g/mol. The molecule has 13 nitrogen and oxygen atoms in total. The Labute approximate surface area is 257 Å². The van der Waals surface area contributed by atoms with E-state index >= 15 is 0 Å². The van der Waals surface area contributed by atoms with Gasteiger partial charge in [-0.05, 0) is 67.7 Å². The summed E-state index contributed by atoms with van der Waals surface area (Å²) < 4.78 is 36.6. The van der Waals surface area contributed by atoms with Gasteiger partial charge in [-0.2, -0.15) is 8.42 Å². The summed E-state index contributed by atoms with van der Waals surface area (Å²) in [5, 5.41) is 6.65. The molecule has 5 rings (SSSR count). The summed E-state index contributed by atoms with van der Waals surface area (Å²) in [7, 11) is -2.64. The van der Waals surface area contributed by atoms with Crippen LogP contribution in [0.25, 0.3) is 0 Å². The fraction of sp³-hybridized carbons (Fsp3) is 0.172. The number of nitrogens with one attached hydrogen (secondary N) is 1. The predicted molar refractivity (Wildman–Crippen MR) is 161 cm³/mol. The molecule has 0 saturated carbocycles. The van der Waals surface area contributed by atoms with E-state index in [2.05, 4.69) is 15.0 Å². The van der Waals surface area contributed by atoms with E-state index in [0.29, 0.717) is 11.4 Å². The van der Waals surface area contributed by atoms with Gasteiger partial charge in [0.2, 0.25) is 11.8 Å². The van der Waals surface area contributed by atoms with Crippen molar-refractivity contribution in [2.75, 3.05) is 10.2 Å². The number of amides is 3. The quantitative estimate of drug-likeness (QED) is 0.203. The van der Waals surface area contributed by atoms with Crippen LogP contribution < -0.4 is 31.5 Å². The van der Waals surface area contributed by atoms with Gasteiger partial charge >= 0.3 is 0 Å². The molecule has 1 aromatic heterocycles. The van der Waals surface area contributed by atoms with Crippen LogP contribution in [0.1, 0.15) is 28.0 Å². The first-order valence-corrected chi connectivity index (χ1v) is 15.1. The van der Waals surface area contributed by atoms with E-state index in [1.54, 1.807) is 42.5 Å². The Balaban J connectivity index is 1.47. The zero-order valence-electron chi connectivity index (χ0n) is 23.6. The largest absolute Gasteiger partial charge is 0.486 e. The fourth-order valence-corrected chi connectivity index (χ4v) is 5.88. The number of nitrogens with zero attached hydrogens (tertiary/aromatic N) is 5. The minimum Gasteiger partial charge on any atom is -0.486 e. The Morgan fingerprint density at radius 3 is 2.36 bits per heavy atom. The Kier molecular flexibility index (Phi) is 8.42. The Morgan fingerprint density at radius 1 is 1.07 bits per heavy atom. The molecule has 226 valence electrons. The number of hydrogen-bond donors (Lipinski definition) is 2. The Morgan fingerprint density at radius 2 is 1.73 bits per heavy atom. The average Bonchev–Trinajstić information content (AvgIpc) is 3.44. The Hall–Kier alpha value is -5.15. The van der Waals surface area contributed by atoms with Crippen molar-refractivity contribution in [2.45, 2.75) is 30.8 Å². The third-order valence-electron chi connectivity index (χ3n) is 6.89. The predicted octanol–water partition coefficient (Wildman–Crippen LogP) is 1.29. The molecule has 0 bridgehead atoms. The number of hydrogen-bond acceptors (Lipinski definition) is 7. The molecule has 0 aliphatic carbocycles. The number of sulfonamides is 1. The molecule has 1 aliphatic rings. The molecule has 0 radical (unpaired) electrons. The number of anilines is 2. The molecule has 44 heavy (non-hydrogen) atoms.